The Morgan fingerprint density at radius 2 is 1.94 bits per heavy atom. The number of sulfonamides is 1. The third kappa shape index (κ3) is 4.76. The van der Waals surface area contributed by atoms with Crippen LogP contribution in [-0.4, -0.2) is 51.0 Å². The number of piperidine rings is 1. The third-order valence-corrected chi connectivity index (χ3v) is 7.54. The predicted octanol–water partition coefficient (Wildman–Crippen LogP) is 2.50. The fourth-order valence-electron chi connectivity index (χ4n) is 3.93. The van der Waals surface area contributed by atoms with Crippen molar-refractivity contribution >= 4 is 27.7 Å². The molecule has 0 unspecified atom stereocenters. The molecule has 2 aromatic carbocycles. The molecule has 2 saturated heterocycles. The summed E-state index contributed by atoms with van der Waals surface area (Å²) < 4.78 is 45.1. The number of amides is 2. The van der Waals surface area contributed by atoms with Crippen molar-refractivity contribution in [2.75, 3.05) is 31.1 Å². The Hall–Kier alpha value is -2.98. The summed E-state index contributed by atoms with van der Waals surface area (Å²) in [7, 11) is -3.80. The standard InChI is InChI=1S/C22H24FN3O5S/c23-18-6-8-20(9-7-18)32(29,30)25-10-2-4-17(15-25)21(27)24-14-16-3-1-5-19(13-16)26-11-12-31-22(26)28/h1,3,5-9,13,17H,2,4,10-12,14-15H2,(H,24,27)/t17-/m0/s1. The highest BCUT2D eigenvalue weighted by Gasteiger charge is 2.33. The van der Waals surface area contributed by atoms with Gasteiger partial charge in [0.25, 0.3) is 0 Å². The molecule has 2 amide bonds. The van der Waals surface area contributed by atoms with Crippen LogP contribution in [0, 0.1) is 11.7 Å². The predicted molar refractivity (Wildman–Crippen MR) is 115 cm³/mol. The van der Waals surface area contributed by atoms with Crippen molar-refractivity contribution < 1.29 is 27.1 Å². The zero-order valence-corrected chi connectivity index (χ0v) is 18.2. The van der Waals surface area contributed by atoms with E-state index in [0.29, 0.717) is 38.2 Å². The molecule has 32 heavy (non-hydrogen) atoms. The monoisotopic (exact) mass is 461 g/mol. The zero-order chi connectivity index (χ0) is 22.7. The molecule has 0 aromatic heterocycles. The van der Waals surface area contributed by atoms with Gasteiger partial charge in [-0.05, 0) is 54.8 Å². The number of anilines is 1. The maximum absolute atomic E-state index is 13.2. The lowest BCUT2D eigenvalue weighted by Gasteiger charge is -2.31. The van der Waals surface area contributed by atoms with Gasteiger partial charge in [0.15, 0.2) is 0 Å². The first kappa shape index (κ1) is 22.2. The van der Waals surface area contributed by atoms with Crippen LogP contribution in [0.1, 0.15) is 18.4 Å². The van der Waals surface area contributed by atoms with Crippen molar-refractivity contribution in [1.82, 2.24) is 9.62 Å². The smallest absolute Gasteiger partial charge is 0.414 e. The maximum Gasteiger partial charge on any atom is 0.414 e. The van der Waals surface area contributed by atoms with E-state index < -0.39 is 27.9 Å². The summed E-state index contributed by atoms with van der Waals surface area (Å²) in [4.78, 5) is 26.0. The fraction of sp³-hybridized carbons (Fsp3) is 0.364. The highest BCUT2D eigenvalue weighted by Crippen LogP contribution is 2.25. The molecule has 2 fully saturated rings. The second kappa shape index (κ2) is 9.25. The van der Waals surface area contributed by atoms with E-state index in [1.807, 2.05) is 12.1 Å². The topological polar surface area (TPSA) is 96.0 Å². The van der Waals surface area contributed by atoms with Crippen molar-refractivity contribution in [1.29, 1.82) is 0 Å². The van der Waals surface area contributed by atoms with E-state index in [1.54, 1.807) is 12.1 Å². The van der Waals surface area contributed by atoms with Crippen LogP contribution in [0.2, 0.25) is 0 Å². The number of halogens is 1. The average molecular weight is 462 g/mol. The summed E-state index contributed by atoms with van der Waals surface area (Å²) in [5.41, 5.74) is 1.52. The molecule has 0 spiro atoms. The van der Waals surface area contributed by atoms with Crippen molar-refractivity contribution in [3.8, 4) is 0 Å². The second-order valence-electron chi connectivity index (χ2n) is 7.81. The Labute approximate surface area is 186 Å². The molecule has 2 aliphatic rings. The van der Waals surface area contributed by atoms with E-state index in [2.05, 4.69) is 5.32 Å². The van der Waals surface area contributed by atoms with Crippen molar-refractivity contribution in [3.63, 3.8) is 0 Å². The maximum atomic E-state index is 13.2. The minimum atomic E-state index is -3.80. The van der Waals surface area contributed by atoms with Gasteiger partial charge in [0.05, 0.1) is 17.4 Å². The summed E-state index contributed by atoms with van der Waals surface area (Å²) in [6.45, 7) is 1.48. The van der Waals surface area contributed by atoms with Crippen LogP contribution < -0.4 is 10.2 Å². The van der Waals surface area contributed by atoms with Gasteiger partial charge >= 0.3 is 6.09 Å². The summed E-state index contributed by atoms with van der Waals surface area (Å²) in [5.74, 6) is -1.21. The van der Waals surface area contributed by atoms with E-state index in [4.69, 9.17) is 4.74 Å². The first-order chi connectivity index (χ1) is 15.3. The number of nitrogens with zero attached hydrogens (tertiary/aromatic N) is 2. The molecule has 0 saturated carbocycles. The van der Waals surface area contributed by atoms with Crippen molar-refractivity contribution in [2.45, 2.75) is 24.3 Å². The highest BCUT2D eigenvalue weighted by molar-refractivity contribution is 7.89. The number of nitrogens with one attached hydrogen (secondary N) is 1. The zero-order valence-electron chi connectivity index (χ0n) is 17.4. The van der Waals surface area contributed by atoms with Crippen LogP contribution in [0.15, 0.2) is 53.4 Å². The van der Waals surface area contributed by atoms with Crippen LogP contribution in [0.5, 0.6) is 0 Å². The molecular weight excluding hydrogens is 437 g/mol. The number of carbonyl (C=O) groups excluding carboxylic acids is 2. The first-order valence-electron chi connectivity index (χ1n) is 10.4. The van der Waals surface area contributed by atoms with Gasteiger partial charge in [0, 0.05) is 25.3 Å². The molecular formula is C22H24FN3O5S. The van der Waals surface area contributed by atoms with Gasteiger partial charge in [-0.15, -0.1) is 0 Å². The molecule has 2 aromatic rings. The molecule has 2 aliphatic heterocycles. The van der Waals surface area contributed by atoms with Gasteiger partial charge in [-0.3, -0.25) is 9.69 Å². The van der Waals surface area contributed by atoms with E-state index in [1.165, 1.54) is 21.3 Å². The molecule has 8 nitrogen and oxygen atoms in total. The van der Waals surface area contributed by atoms with E-state index >= 15 is 0 Å². The molecule has 4 rings (SSSR count). The van der Waals surface area contributed by atoms with Crippen LogP contribution >= 0.6 is 0 Å². The van der Waals surface area contributed by atoms with Gasteiger partial charge in [0.1, 0.15) is 12.4 Å². The number of cyclic esters (lactones) is 1. The second-order valence-corrected chi connectivity index (χ2v) is 9.75. The number of hydrogen-bond acceptors (Lipinski definition) is 5. The lowest BCUT2D eigenvalue weighted by molar-refractivity contribution is -0.126. The summed E-state index contributed by atoms with van der Waals surface area (Å²) in [6, 6.07) is 12.0. The molecule has 1 atom stereocenters. The van der Waals surface area contributed by atoms with Gasteiger partial charge in [-0.1, -0.05) is 12.1 Å². The molecule has 0 radical (unpaired) electrons. The highest BCUT2D eigenvalue weighted by atomic mass is 32.2. The van der Waals surface area contributed by atoms with E-state index in [9.17, 15) is 22.4 Å². The Kier molecular flexibility index (Phi) is 6.43. The number of ether oxygens (including phenoxy) is 1. The van der Waals surface area contributed by atoms with Gasteiger partial charge in [0.2, 0.25) is 15.9 Å². The van der Waals surface area contributed by atoms with Crippen molar-refractivity contribution in [3.05, 3.63) is 59.9 Å². The van der Waals surface area contributed by atoms with Gasteiger partial charge < -0.3 is 10.1 Å². The number of benzene rings is 2. The van der Waals surface area contributed by atoms with Gasteiger partial charge in [-0.2, -0.15) is 4.31 Å². The van der Waals surface area contributed by atoms with Crippen LogP contribution in [-0.2, 0) is 26.1 Å². The Bertz CT molecular complexity index is 1110. The Balaban J connectivity index is 1.38. The fourth-order valence-corrected chi connectivity index (χ4v) is 5.45. The van der Waals surface area contributed by atoms with Gasteiger partial charge in [-0.25, -0.2) is 17.6 Å². The first-order valence-corrected chi connectivity index (χ1v) is 11.9. The number of hydrogen-bond donors (Lipinski definition) is 1. The van der Waals surface area contributed by atoms with Crippen LogP contribution in [0.4, 0.5) is 14.9 Å². The van der Waals surface area contributed by atoms with E-state index in [0.717, 1.165) is 17.7 Å². The summed E-state index contributed by atoms with van der Waals surface area (Å²) >= 11 is 0. The summed E-state index contributed by atoms with van der Waals surface area (Å²) in [5, 5.41) is 2.87. The van der Waals surface area contributed by atoms with Crippen LogP contribution in [0.25, 0.3) is 0 Å². The largest absolute Gasteiger partial charge is 0.447 e. The number of carbonyl (C=O) groups is 2. The van der Waals surface area contributed by atoms with Crippen molar-refractivity contribution in [2.24, 2.45) is 5.92 Å². The SMILES string of the molecule is O=C(NCc1cccc(N2CCOC2=O)c1)[C@H]1CCCN(S(=O)(=O)c2ccc(F)cc2)C1. The minimum Gasteiger partial charge on any atom is -0.447 e. The molecule has 0 aliphatic carbocycles. The molecule has 10 heteroatoms. The van der Waals surface area contributed by atoms with Crippen LogP contribution in [0.3, 0.4) is 0 Å². The lowest BCUT2D eigenvalue weighted by Crippen LogP contribution is -2.45. The third-order valence-electron chi connectivity index (χ3n) is 5.66. The molecule has 2 heterocycles. The number of rotatable bonds is 6. The Morgan fingerprint density at radius 1 is 1.16 bits per heavy atom. The molecule has 0 bridgehead atoms. The molecule has 170 valence electrons. The normalized spacial score (nSPS) is 19.6. The van der Waals surface area contributed by atoms with E-state index in [-0.39, 0.29) is 23.9 Å². The quantitative estimate of drug-likeness (QED) is 0.713. The lowest BCUT2D eigenvalue weighted by atomic mass is 9.98. The average Bonchev–Trinajstić information content (AvgIpc) is 3.24. The Morgan fingerprint density at radius 3 is 2.66 bits per heavy atom. The summed E-state index contributed by atoms with van der Waals surface area (Å²) in [6.07, 6.45) is 0.752. The molecule has 1 N–H and O–H groups in total. The minimum absolute atomic E-state index is 0.0113.